The molecule has 1 aliphatic heterocycles. The average Bonchev–Trinajstić information content (AvgIpc) is 3.12. The number of halogens is 1. The Morgan fingerprint density at radius 3 is 2.56 bits per heavy atom. The number of para-hydroxylation sites is 1. The van der Waals surface area contributed by atoms with Crippen molar-refractivity contribution in [2.45, 2.75) is 6.61 Å². The van der Waals surface area contributed by atoms with E-state index in [0.717, 1.165) is 0 Å². The number of nitro groups is 1. The molecule has 0 aromatic heterocycles. The average molecular weight is 480 g/mol. The summed E-state index contributed by atoms with van der Waals surface area (Å²) < 4.78 is 11.2. The lowest BCUT2D eigenvalue weighted by molar-refractivity contribution is -0.384. The minimum absolute atomic E-state index is 0.0190. The highest BCUT2D eigenvalue weighted by Gasteiger charge is 2.34. The molecule has 0 bridgehead atoms. The Bertz CT molecular complexity index is 1310. The van der Waals surface area contributed by atoms with Crippen LogP contribution in [0.4, 0.5) is 11.4 Å². The van der Waals surface area contributed by atoms with E-state index in [1.54, 1.807) is 48.5 Å². The number of hydrogen-bond acceptors (Lipinski definition) is 6. The van der Waals surface area contributed by atoms with Crippen LogP contribution < -0.4 is 19.9 Å². The number of anilines is 1. The standard InChI is InChI=1S/C24H18ClN3O6/c1-33-21-13-16(11-19-23(29)26-27(24(19)30)17-7-3-2-4-8-17)12-20(25)22(21)34-14-15-6-5-9-18(10-15)28(31)32/h2-13H,14H2,1H3,(H,26,29)/b19-11-. The van der Waals surface area contributed by atoms with Crippen LogP contribution in [0.1, 0.15) is 11.1 Å². The smallest absolute Gasteiger partial charge is 0.282 e. The predicted molar refractivity (Wildman–Crippen MR) is 125 cm³/mol. The van der Waals surface area contributed by atoms with E-state index in [9.17, 15) is 19.7 Å². The number of nitro benzene ring substituents is 1. The second kappa shape index (κ2) is 9.63. The van der Waals surface area contributed by atoms with Gasteiger partial charge in [0, 0.05) is 12.1 Å². The number of nitrogens with zero attached hydrogens (tertiary/aromatic N) is 2. The second-order valence-electron chi connectivity index (χ2n) is 7.22. The monoisotopic (exact) mass is 479 g/mol. The van der Waals surface area contributed by atoms with E-state index in [2.05, 4.69) is 5.43 Å². The van der Waals surface area contributed by atoms with Crippen LogP contribution in [-0.2, 0) is 16.2 Å². The molecule has 0 atom stereocenters. The maximum atomic E-state index is 12.8. The molecule has 172 valence electrons. The van der Waals surface area contributed by atoms with Crippen molar-refractivity contribution in [3.8, 4) is 11.5 Å². The van der Waals surface area contributed by atoms with Gasteiger partial charge in [-0.25, -0.2) is 5.01 Å². The summed E-state index contributed by atoms with van der Waals surface area (Å²) in [5.41, 5.74) is 3.99. The molecule has 1 heterocycles. The highest BCUT2D eigenvalue weighted by Crippen LogP contribution is 2.38. The van der Waals surface area contributed by atoms with Gasteiger partial charge in [0.1, 0.15) is 12.2 Å². The SMILES string of the molecule is COc1cc(/C=C2/C(=O)NN(c3ccccc3)C2=O)cc(Cl)c1OCc1cccc([N+](=O)[O-])c1. The Hall–Kier alpha value is -4.37. The van der Waals surface area contributed by atoms with Gasteiger partial charge in [-0.1, -0.05) is 41.9 Å². The Morgan fingerprint density at radius 1 is 1.09 bits per heavy atom. The van der Waals surface area contributed by atoms with Crippen LogP contribution in [0.3, 0.4) is 0 Å². The number of hydrogen-bond donors (Lipinski definition) is 1. The summed E-state index contributed by atoms with van der Waals surface area (Å²) in [6, 6.07) is 17.9. The van der Waals surface area contributed by atoms with Gasteiger partial charge in [0.15, 0.2) is 11.5 Å². The van der Waals surface area contributed by atoms with Crippen molar-refractivity contribution in [2.75, 3.05) is 12.1 Å². The van der Waals surface area contributed by atoms with E-state index in [0.29, 0.717) is 16.8 Å². The molecular weight excluding hydrogens is 462 g/mol. The summed E-state index contributed by atoms with van der Waals surface area (Å²) >= 11 is 6.41. The lowest BCUT2D eigenvalue weighted by atomic mass is 10.1. The van der Waals surface area contributed by atoms with Crippen molar-refractivity contribution in [1.29, 1.82) is 0 Å². The van der Waals surface area contributed by atoms with Crippen LogP contribution in [0.25, 0.3) is 6.08 Å². The molecule has 0 radical (unpaired) electrons. The van der Waals surface area contributed by atoms with Gasteiger partial charge in [0.05, 0.1) is 22.7 Å². The van der Waals surface area contributed by atoms with Crippen LogP contribution in [0.15, 0.2) is 72.3 Å². The fourth-order valence-corrected chi connectivity index (χ4v) is 3.64. The third kappa shape index (κ3) is 4.69. The number of ether oxygens (including phenoxy) is 2. The van der Waals surface area contributed by atoms with Gasteiger partial charge in [-0.05, 0) is 41.5 Å². The minimum atomic E-state index is -0.546. The number of rotatable bonds is 7. The van der Waals surface area contributed by atoms with Gasteiger partial charge in [0.25, 0.3) is 17.5 Å². The van der Waals surface area contributed by atoms with E-state index >= 15 is 0 Å². The number of non-ortho nitro benzene ring substituents is 1. The zero-order valence-electron chi connectivity index (χ0n) is 17.9. The van der Waals surface area contributed by atoms with Gasteiger partial charge in [-0.2, -0.15) is 0 Å². The highest BCUT2D eigenvalue weighted by atomic mass is 35.5. The molecule has 34 heavy (non-hydrogen) atoms. The Kier molecular flexibility index (Phi) is 6.46. The number of benzene rings is 3. The van der Waals surface area contributed by atoms with Crippen molar-refractivity contribution >= 4 is 40.9 Å². The number of amides is 2. The molecule has 10 heteroatoms. The van der Waals surface area contributed by atoms with E-state index in [4.69, 9.17) is 21.1 Å². The molecule has 1 N–H and O–H groups in total. The second-order valence-corrected chi connectivity index (χ2v) is 7.63. The number of methoxy groups -OCH3 is 1. The maximum absolute atomic E-state index is 12.8. The predicted octanol–water partition coefficient (Wildman–Crippen LogP) is 4.30. The molecule has 0 unspecified atom stereocenters. The first kappa shape index (κ1) is 22.8. The number of hydrazine groups is 1. The molecule has 1 fully saturated rings. The first-order valence-electron chi connectivity index (χ1n) is 10.0. The molecule has 4 rings (SSSR count). The summed E-state index contributed by atoms with van der Waals surface area (Å²) in [4.78, 5) is 35.7. The third-order valence-electron chi connectivity index (χ3n) is 4.97. The van der Waals surface area contributed by atoms with E-state index in [-0.39, 0.29) is 34.4 Å². The van der Waals surface area contributed by atoms with Crippen molar-refractivity contribution in [3.63, 3.8) is 0 Å². The maximum Gasteiger partial charge on any atom is 0.282 e. The normalized spacial score (nSPS) is 14.3. The molecule has 2 amide bonds. The van der Waals surface area contributed by atoms with Crippen molar-refractivity contribution in [2.24, 2.45) is 0 Å². The van der Waals surface area contributed by atoms with Gasteiger partial charge in [-0.15, -0.1) is 0 Å². The van der Waals surface area contributed by atoms with Gasteiger partial charge < -0.3 is 9.47 Å². The molecule has 0 saturated carbocycles. The summed E-state index contributed by atoms with van der Waals surface area (Å²) in [5, 5.41) is 12.3. The molecular formula is C24H18ClN3O6. The van der Waals surface area contributed by atoms with Gasteiger partial charge in [0.2, 0.25) is 0 Å². The molecule has 1 aliphatic rings. The first-order valence-corrected chi connectivity index (χ1v) is 10.4. The van der Waals surface area contributed by atoms with Gasteiger partial charge >= 0.3 is 0 Å². The number of carbonyl (C=O) groups is 2. The zero-order chi connectivity index (χ0) is 24.2. The fraction of sp³-hybridized carbons (Fsp3) is 0.0833. The van der Waals surface area contributed by atoms with E-state index in [1.807, 2.05) is 0 Å². The van der Waals surface area contributed by atoms with Gasteiger partial charge in [-0.3, -0.25) is 25.1 Å². The first-order chi connectivity index (χ1) is 16.4. The van der Waals surface area contributed by atoms with Crippen LogP contribution >= 0.6 is 11.6 Å². The zero-order valence-corrected chi connectivity index (χ0v) is 18.6. The van der Waals surface area contributed by atoms with E-state index < -0.39 is 16.7 Å². The fourth-order valence-electron chi connectivity index (χ4n) is 3.36. The Balaban J connectivity index is 1.58. The quantitative estimate of drug-likeness (QED) is 0.234. The Labute approximate surface area is 199 Å². The molecule has 0 spiro atoms. The minimum Gasteiger partial charge on any atom is -0.493 e. The van der Waals surface area contributed by atoms with Crippen LogP contribution in [0.2, 0.25) is 5.02 Å². The van der Waals surface area contributed by atoms with Crippen molar-refractivity contribution < 1.29 is 24.0 Å². The molecule has 3 aromatic rings. The Morgan fingerprint density at radius 2 is 1.85 bits per heavy atom. The molecule has 9 nitrogen and oxygen atoms in total. The summed E-state index contributed by atoms with van der Waals surface area (Å²) in [7, 11) is 1.42. The van der Waals surface area contributed by atoms with Crippen molar-refractivity contribution in [3.05, 3.63) is 98.6 Å². The molecule has 0 aliphatic carbocycles. The third-order valence-corrected chi connectivity index (χ3v) is 5.25. The number of nitrogens with one attached hydrogen (secondary N) is 1. The lowest BCUT2D eigenvalue weighted by Gasteiger charge is -2.14. The highest BCUT2D eigenvalue weighted by molar-refractivity contribution is 6.33. The summed E-state index contributed by atoms with van der Waals surface area (Å²) in [6.07, 6.45) is 1.42. The van der Waals surface area contributed by atoms with Crippen LogP contribution in [0, 0.1) is 10.1 Å². The van der Waals surface area contributed by atoms with Crippen molar-refractivity contribution in [1.82, 2.24) is 5.43 Å². The number of carbonyl (C=O) groups excluding carboxylic acids is 2. The lowest BCUT2D eigenvalue weighted by Crippen LogP contribution is -2.35. The summed E-state index contributed by atoms with van der Waals surface area (Å²) in [6.45, 7) is 0.0190. The largest absolute Gasteiger partial charge is 0.493 e. The molecule has 3 aromatic carbocycles. The summed E-state index contributed by atoms with van der Waals surface area (Å²) in [5.74, 6) is -0.547. The van der Waals surface area contributed by atoms with Crippen LogP contribution in [0.5, 0.6) is 11.5 Å². The van der Waals surface area contributed by atoms with E-state index in [1.165, 1.54) is 36.4 Å². The molecule has 1 saturated heterocycles. The topological polar surface area (TPSA) is 111 Å². The van der Waals surface area contributed by atoms with Crippen LogP contribution in [-0.4, -0.2) is 23.8 Å².